The summed E-state index contributed by atoms with van der Waals surface area (Å²) in [6.07, 6.45) is -4.55. The van der Waals surface area contributed by atoms with Crippen molar-refractivity contribution in [3.8, 4) is 6.07 Å². The Bertz CT molecular complexity index is 1220. The Kier molecular flexibility index (Phi) is 4.79. The van der Waals surface area contributed by atoms with E-state index >= 15 is 0 Å². The van der Waals surface area contributed by atoms with Gasteiger partial charge < -0.3 is 14.4 Å². The first-order valence-electron chi connectivity index (χ1n) is 10.1. The highest BCUT2D eigenvalue weighted by atomic mass is 19.4. The van der Waals surface area contributed by atoms with Gasteiger partial charge in [-0.05, 0) is 11.6 Å². The number of Topliss-reactive ketones (excluding diaryl/α,β-unsaturated/α-hetero) is 1. The molecule has 0 spiro atoms. The van der Waals surface area contributed by atoms with E-state index in [2.05, 4.69) is 6.07 Å². The number of hydrogen-bond donors (Lipinski definition) is 0. The first kappa shape index (κ1) is 20.3. The number of benzene rings is 2. The van der Waals surface area contributed by atoms with Gasteiger partial charge in [-0.15, -0.1) is 0 Å². The number of ether oxygens (including phenoxy) is 2. The molecular formula is C24H17F3N2O3. The average molecular weight is 438 g/mol. The molecule has 32 heavy (non-hydrogen) atoms. The van der Waals surface area contributed by atoms with Crippen molar-refractivity contribution in [2.24, 2.45) is 0 Å². The van der Waals surface area contributed by atoms with E-state index in [0.717, 1.165) is 12.1 Å². The second-order valence-electron chi connectivity index (χ2n) is 7.71. The lowest BCUT2D eigenvalue weighted by Gasteiger charge is -2.35. The van der Waals surface area contributed by atoms with Crippen molar-refractivity contribution >= 4 is 11.5 Å². The van der Waals surface area contributed by atoms with Gasteiger partial charge in [0, 0.05) is 24.2 Å². The molecule has 162 valence electrons. The van der Waals surface area contributed by atoms with Crippen molar-refractivity contribution in [1.29, 1.82) is 5.26 Å². The summed E-state index contributed by atoms with van der Waals surface area (Å²) in [7, 11) is 0. The smallest absolute Gasteiger partial charge is 0.416 e. The maximum absolute atomic E-state index is 13.4. The fraction of sp³-hybridized carbons (Fsp3) is 0.250. The van der Waals surface area contributed by atoms with E-state index in [1.807, 2.05) is 4.90 Å². The van der Waals surface area contributed by atoms with Crippen LogP contribution in [0, 0.1) is 11.3 Å². The Morgan fingerprint density at radius 3 is 2.44 bits per heavy atom. The standard InChI is InChI=1S/C24H17F3N2O3/c25-24(26,27)15-5-3-4-14(12-15)19-18(13-28)23(29-8-10-31-11-9-29)32-22-17-7-2-1-6-16(17)21(30)20(19)22/h1-7,12,19H,8-11H2. The van der Waals surface area contributed by atoms with Crippen LogP contribution >= 0.6 is 0 Å². The third-order valence-corrected chi connectivity index (χ3v) is 5.88. The Morgan fingerprint density at radius 2 is 1.75 bits per heavy atom. The predicted molar refractivity (Wildman–Crippen MR) is 108 cm³/mol. The second-order valence-corrected chi connectivity index (χ2v) is 7.71. The number of morpholine rings is 1. The molecule has 5 nitrogen and oxygen atoms in total. The molecule has 0 bridgehead atoms. The van der Waals surface area contributed by atoms with Gasteiger partial charge in [-0.25, -0.2) is 0 Å². The zero-order valence-corrected chi connectivity index (χ0v) is 16.8. The molecule has 2 aliphatic heterocycles. The molecule has 0 aromatic heterocycles. The van der Waals surface area contributed by atoms with Gasteiger partial charge in [-0.1, -0.05) is 42.5 Å². The van der Waals surface area contributed by atoms with E-state index in [1.54, 1.807) is 24.3 Å². The summed E-state index contributed by atoms with van der Waals surface area (Å²) in [5, 5.41) is 10.1. The minimum atomic E-state index is -4.55. The molecule has 0 radical (unpaired) electrons. The number of ketones is 1. The second kappa shape index (κ2) is 7.53. The summed E-state index contributed by atoms with van der Waals surface area (Å²) >= 11 is 0. The minimum Gasteiger partial charge on any atom is -0.439 e. The largest absolute Gasteiger partial charge is 0.439 e. The number of carbonyl (C=O) groups excluding carboxylic acids is 1. The van der Waals surface area contributed by atoms with Gasteiger partial charge in [-0.2, -0.15) is 18.4 Å². The van der Waals surface area contributed by atoms with E-state index in [0.29, 0.717) is 43.2 Å². The summed E-state index contributed by atoms with van der Waals surface area (Å²) < 4.78 is 51.9. The molecule has 2 aromatic rings. The molecular weight excluding hydrogens is 421 g/mol. The molecule has 8 heteroatoms. The fourth-order valence-electron chi connectivity index (χ4n) is 4.41. The van der Waals surface area contributed by atoms with Crippen molar-refractivity contribution in [3.05, 3.63) is 87.8 Å². The Balaban J connectivity index is 1.72. The van der Waals surface area contributed by atoms with Gasteiger partial charge in [0.25, 0.3) is 0 Å². The molecule has 0 N–H and O–H groups in total. The van der Waals surface area contributed by atoms with Crippen LogP contribution in [0.4, 0.5) is 13.2 Å². The zero-order valence-electron chi connectivity index (χ0n) is 16.8. The van der Waals surface area contributed by atoms with Crippen molar-refractivity contribution in [3.63, 3.8) is 0 Å². The third kappa shape index (κ3) is 3.17. The van der Waals surface area contributed by atoms with Crippen LogP contribution in [0.15, 0.2) is 65.6 Å². The van der Waals surface area contributed by atoms with Crippen LogP contribution in [0.5, 0.6) is 0 Å². The van der Waals surface area contributed by atoms with Gasteiger partial charge in [0.2, 0.25) is 5.88 Å². The highest BCUT2D eigenvalue weighted by molar-refractivity contribution is 6.21. The molecule has 1 saturated heterocycles. The maximum atomic E-state index is 13.4. The predicted octanol–water partition coefficient (Wildman–Crippen LogP) is 4.49. The van der Waals surface area contributed by atoms with Crippen molar-refractivity contribution < 1.29 is 27.4 Å². The Hall–Kier alpha value is -3.57. The first-order chi connectivity index (χ1) is 15.4. The maximum Gasteiger partial charge on any atom is 0.416 e. The van der Waals surface area contributed by atoms with Crippen LogP contribution < -0.4 is 0 Å². The Morgan fingerprint density at radius 1 is 1.03 bits per heavy atom. The number of carbonyl (C=O) groups is 1. The normalized spacial score (nSPS) is 20.6. The lowest BCUT2D eigenvalue weighted by Crippen LogP contribution is -2.38. The summed E-state index contributed by atoms with van der Waals surface area (Å²) in [5.74, 6) is -0.745. The first-order valence-corrected chi connectivity index (χ1v) is 10.1. The van der Waals surface area contributed by atoms with Gasteiger partial charge in [0.05, 0.1) is 30.3 Å². The molecule has 2 heterocycles. The quantitative estimate of drug-likeness (QED) is 0.691. The number of rotatable bonds is 2. The Labute approximate surface area is 182 Å². The number of nitrogens with zero attached hydrogens (tertiary/aromatic N) is 2. The average Bonchev–Trinajstić information content (AvgIpc) is 3.10. The van der Waals surface area contributed by atoms with Crippen LogP contribution in [0.2, 0.25) is 0 Å². The molecule has 5 rings (SSSR count). The summed E-state index contributed by atoms with van der Waals surface area (Å²) in [5.41, 5.74) is 0.684. The van der Waals surface area contributed by atoms with Crippen LogP contribution in [0.25, 0.3) is 5.76 Å². The van der Waals surface area contributed by atoms with E-state index in [1.165, 1.54) is 12.1 Å². The molecule has 1 fully saturated rings. The number of allylic oxidation sites excluding steroid dienone is 2. The van der Waals surface area contributed by atoms with Gasteiger partial charge >= 0.3 is 6.18 Å². The monoisotopic (exact) mass is 438 g/mol. The lowest BCUT2D eigenvalue weighted by atomic mass is 9.81. The van der Waals surface area contributed by atoms with Crippen LogP contribution in [0.1, 0.15) is 33.0 Å². The molecule has 1 unspecified atom stereocenters. The highest BCUT2D eigenvalue weighted by Gasteiger charge is 2.45. The number of halogens is 3. The molecule has 3 aliphatic rings. The number of alkyl halides is 3. The molecule has 0 amide bonds. The summed E-state index contributed by atoms with van der Waals surface area (Å²) in [6.45, 7) is 1.80. The topological polar surface area (TPSA) is 62.6 Å². The van der Waals surface area contributed by atoms with Crippen molar-refractivity contribution in [1.82, 2.24) is 4.90 Å². The molecule has 1 atom stereocenters. The number of fused-ring (bicyclic) bond motifs is 2. The van der Waals surface area contributed by atoms with Crippen molar-refractivity contribution in [2.75, 3.05) is 26.3 Å². The lowest BCUT2D eigenvalue weighted by molar-refractivity contribution is -0.137. The molecule has 2 aromatic carbocycles. The van der Waals surface area contributed by atoms with E-state index < -0.39 is 17.7 Å². The van der Waals surface area contributed by atoms with E-state index in [4.69, 9.17) is 9.47 Å². The number of hydrogen-bond acceptors (Lipinski definition) is 5. The van der Waals surface area contributed by atoms with Gasteiger partial charge in [0.1, 0.15) is 17.4 Å². The third-order valence-electron chi connectivity index (χ3n) is 5.88. The molecule has 1 aliphatic carbocycles. The SMILES string of the molecule is N#CC1=C(N2CCOCC2)OC2=C(C(=O)c3ccccc32)C1c1cccc(C(F)(F)F)c1. The highest BCUT2D eigenvalue weighted by Crippen LogP contribution is 2.50. The van der Waals surface area contributed by atoms with Crippen LogP contribution in [0.3, 0.4) is 0 Å². The zero-order chi connectivity index (χ0) is 22.5. The van der Waals surface area contributed by atoms with E-state index in [9.17, 15) is 23.2 Å². The summed E-state index contributed by atoms with van der Waals surface area (Å²) in [6, 6.07) is 13.8. The van der Waals surface area contributed by atoms with Crippen LogP contribution in [-0.4, -0.2) is 37.0 Å². The minimum absolute atomic E-state index is 0.117. The number of nitriles is 1. The summed E-state index contributed by atoms with van der Waals surface area (Å²) in [4.78, 5) is 15.2. The van der Waals surface area contributed by atoms with Gasteiger partial charge in [-0.3, -0.25) is 4.79 Å². The van der Waals surface area contributed by atoms with Crippen LogP contribution in [-0.2, 0) is 15.7 Å². The van der Waals surface area contributed by atoms with Crippen molar-refractivity contribution in [2.45, 2.75) is 12.1 Å². The molecule has 0 saturated carbocycles. The fourth-order valence-corrected chi connectivity index (χ4v) is 4.41. The van der Waals surface area contributed by atoms with Gasteiger partial charge in [0.15, 0.2) is 5.78 Å². The van der Waals surface area contributed by atoms with E-state index in [-0.39, 0.29) is 28.4 Å².